The van der Waals surface area contributed by atoms with E-state index in [1.54, 1.807) is 11.8 Å². The lowest BCUT2D eigenvalue weighted by atomic mass is 10.1. The van der Waals surface area contributed by atoms with Gasteiger partial charge < -0.3 is 4.90 Å². The average Bonchev–Trinajstić information content (AvgIpc) is 2.78. The molecular formula is C11H10Br2N2S. The second kappa shape index (κ2) is 4.94. The van der Waals surface area contributed by atoms with Gasteiger partial charge in [0.05, 0.1) is 16.1 Å². The molecule has 0 radical (unpaired) electrons. The zero-order valence-electron chi connectivity index (χ0n) is 8.39. The van der Waals surface area contributed by atoms with Crippen LogP contribution in [-0.2, 0) is 0 Å². The first kappa shape index (κ1) is 12.2. The van der Waals surface area contributed by atoms with E-state index in [-0.39, 0.29) is 17.0 Å². The monoisotopic (exact) mass is 360 g/mol. The number of fused-ring (bicyclic) bond motifs is 1. The van der Waals surface area contributed by atoms with E-state index in [4.69, 9.17) is 0 Å². The molecule has 16 heavy (non-hydrogen) atoms. The molecule has 0 bridgehead atoms. The van der Waals surface area contributed by atoms with Gasteiger partial charge in [-0.3, -0.25) is 4.99 Å². The fourth-order valence-corrected chi connectivity index (χ4v) is 3.63. The van der Waals surface area contributed by atoms with Crippen molar-refractivity contribution in [2.45, 2.75) is 0 Å². The van der Waals surface area contributed by atoms with Crippen molar-refractivity contribution in [3.63, 3.8) is 0 Å². The lowest BCUT2D eigenvalue weighted by Gasteiger charge is -2.16. The van der Waals surface area contributed by atoms with Crippen LogP contribution in [0.1, 0.15) is 5.56 Å². The van der Waals surface area contributed by atoms with E-state index in [0.29, 0.717) is 0 Å². The zero-order valence-corrected chi connectivity index (χ0v) is 12.5. The van der Waals surface area contributed by atoms with Gasteiger partial charge >= 0.3 is 0 Å². The Labute approximate surface area is 118 Å². The second-order valence-electron chi connectivity index (χ2n) is 3.41. The SMILES string of the molecule is Br.BrC1=C(c2ccccc2)N2CCN=C2S1. The van der Waals surface area contributed by atoms with Crippen LogP contribution < -0.4 is 0 Å². The summed E-state index contributed by atoms with van der Waals surface area (Å²) in [5.41, 5.74) is 2.51. The van der Waals surface area contributed by atoms with Gasteiger partial charge in [0.1, 0.15) is 0 Å². The fourth-order valence-electron chi connectivity index (χ4n) is 1.82. The third-order valence-electron chi connectivity index (χ3n) is 2.49. The Kier molecular flexibility index (Phi) is 3.77. The first-order valence-electron chi connectivity index (χ1n) is 4.81. The third kappa shape index (κ3) is 1.96. The highest BCUT2D eigenvalue weighted by Gasteiger charge is 2.31. The molecule has 0 amide bonds. The third-order valence-corrected chi connectivity index (χ3v) is 4.25. The highest BCUT2D eigenvalue weighted by Crippen LogP contribution is 2.44. The average molecular weight is 362 g/mol. The van der Waals surface area contributed by atoms with Gasteiger partial charge in [-0.15, -0.1) is 17.0 Å². The molecule has 2 aliphatic rings. The minimum absolute atomic E-state index is 0. The summed E-state index contributed by atoms with van der Waals surface area (Å²) in [7, 11) is 0. The van der Waals surface area contributed by atoms with Gasteiger partial charge in [-0.05, 0) is 33.3 Å². The van der Waals surface area contributed by atoms with Crippen LogP contribution in [0, 0.1) is 0 Å². The Morgan fingerprint density at radius 3 is 2.75 bits per heavy atom. The molecule has 2 nitrogen and oxygen atoms in total. The van der Waals surface area contributed by atoms with Crippen LogP contribution in [0.2, 0.25) is 0 Å². The molecule has 3 rings (SSSR count). The molecule has 1 aromatic carbocycles. The summed E-state index contributed by atoms with van der Waals surface area (Å²) in [4.78, 5) is 6.74. The van der Waals surface area contributed by atoms with E-state index in [0.717, 1.165) is 18.3 Å². The van der Waals surface area contributed by atoms with Crippen LogP contribution in [0.5, 0.6) is 0 Å². The Morgan fingerprint density at radius 1 is 1.25 bits per heavy atom. The van der Waals surface area contributed by atoms with E-state index in [2.05, 4.69) is 50.1 Å². The molecule has 0 unspecified atom stereocenters. The molecular weight excluding hydrogens is 352 g/mol. The number of nitrogens with zero attached hydrogens (tertiary/aromatic N) is 2. The molecule has 0 saturated heterocycles. The van der Waals surface area contributed by atoms with E-state index in [1.165, 1.54) is 15.1 Å². The Balaban J connectivity index is 0.000000963. The summed E-state index contributed by atoms with van der Waals surface area (Å²) in [5.74, 6) is 0. The quantitative estimate of drug-likeness (QED) is 0.757. The predicted octanol–water partition coefficient (Wildman–Crippen LogP) is 3.70. The lowest BCUT2D eigenvalue weighted by molar-refractivity contribution is 0.649. The molecule has 0 spiro atoms. The zero-order chi connectivity index (χ0) is 10.3. The number of aliphatic imine (C=N–C) groups is 1. The summed E-state index contributed by atoms with van der Waals surface area (Å²) >= 11 is 5.33. The Hall–Kier alpha value is -0.260. The van der Waals surface area contributed by atoms with Crippen molar-refractivity contribution in [3.05, 3.63) is 39.7 Å². The van der Waals surface area contributed by atoms with E-state index >= 15 is 0 Å². The topological polar surface area (TPSA) is 15.6 Å². The molecule has 2 aliphatic heterocycles. The van der Waals surface area contributed by atoms with Crippen LogP contribution in [0.4, 0.5) is 0 Å². The molecule has 0 N–H and O–H groups in total. The molecule has 1 aromatic rings. The molecule has 84 valence electrons. The number of rotatable bonds is 1. The number of hydrogen-bond donors (Lipinski definition) is 0. The maximum atomic E-state index is 4.46. The summed E-state index contributed by atoms with van der Waals surface area (Å²) in [6.07, 6.45) is 0. The largest absolute Gasteiger partial charge is 0.317 e. The minimum atomic E-state index is 0. The molecule has 5 heteroatoms. The number of benzene rings is 1. The van der Waals surface area contributed by atoms with Crippen molar-refractivity contribution in [1.82, 2.24) is 4.90 Å². The number of amidine groups is 1. The van der Waals surface area contributed by atoms with E-state index in [9.17, 15) is 0 Å². The number of hydrogen-bond acceptors (Lipinski definition) is 3. The number of halogens is 2. The molecule has 0 fully saturated rings. The van der Waals surface area contributed by atoms with Gasteiger partial charge in [0.2, 0.25) is 0 Å². The number of thioether (sulfide) groups is 1. The van der Waals surface area contributed by atoms with Crippen molar-refractivity contribution in [3.8, 4) is 0 Å². The summed E-state index contributed by atoms with van der Waals surface area (Å²) in [5, 5.41) is 1.13. The van der Waals surface area contributed by atoms with Crippen molar-refractivity contribution < 1.29 is 0 Å². The van der Waals surface area contributed by atoms with Crippen molar-refractivity contribution in [2.75, 3.05) is 13.1 Å². The van der Waals surface area contributed by atoms with Crippen molar-refractivity contribution in [2.24, 2.45) is 4.99 Å². The van der Waals surface area contributed by atoms with Crippen molar-refractivity contribution >= 4 is 55.5 Å². The van der Waals surface area contributed by atoms with Gasteiger partial charge in [-0.25, -0.2) is 0 Å². The summed E-state index contributed by atoms with van der Waals surface area (Å²) < 4.78 is 1.17. The highest BCUT2D eigenvalue weighted by atomic mass is 79.9. The van der Waals surface area contributed by atoms with Crippen LogP contribution in [0.25, 0.3) is 5.70 Å². The predicted molar refractivity (Wildman–Crippen MR) is 79.2 cm³/mol. The molecule has 0 aromatic heterocycles. The van der Waals surface area contributed by atoms with Gasteiger partial charge in [0, 0.05) is 6.54 Å². The maximum Gasteiger partial charge on any atom is 0.169 e. The second-order valence-corrected chi connectivity index (χ2v) is 5.70. The highest BCUT2D eigenvalue weighted by molar-refractivity contribution is 9.14. The molecule has 0 saturated carbocycles. The van der Waals surface area contributed by atoms with Gasteiger partial charge in [-0.1, -0.05) is 30.3 Å². The van der Waals surface area contributed by atoms with Gasteiger partial charge in [0.25, 0.3) is 0 Å². The van der Waals surface area contributed by atoms with Gasteiger partial charge in [-0.2, -0.15) is 0 Å². The molecule has 0 atom stereocenters. The van der Waals surface area contributed by atoms with Crippen molar-refractivity contribution in [1.29, 1.82) is 0 Å². The normalized spacial score (nSPS) is 18.3. The summed E-state index contributed by atoms with van der Waals surface area (Å²) in [6, 6.07) is 10.5. The first-order chi connectivity index (χ1) is 7.36. The Morgan fingerprint density at radius 2 is 2.00 bits per heavy atom. The van der Waals surface area contributed by atoms with Crippen LogP contribution in [0.15, 0.2) is 39.1 Å². The minimum Gasteiger partial charge on any atom is -0.317 e. The molecule has 0 aliphatic carbocycles. The standard InChI is InChI=1S/C11H9BrN2S.BrH/c12-10-9(8-4-2-1-3-5-8)14-7-6-13-11(14)15-10;/h1-5H,6-7H2;1H. The maximum absolute atomic E-state index is 4.46. The van der Waals surface area contributed by atoms with E-state index < -0.39 is 0 Å². The summed E-state index contributed by atoms with van der Waals surface area (Å²) in [6.45, 7) is 1.92. The van der Waals surface area contributed by atoms with Gasteiger partial charge in [0.15, 0.2) is 5.17 Å². The van der Waals surface area contributed by atoms with Crippen LogP contribution in [0.3, 0.4) is 0 Å². The first-order valence-corrected chi connectivity index (χ1v) is 6.42. The fraction of sp³-hybridized carbons (Fsp3) is 0.182. The van der Waals surface area contributed by atoms with E-state index in [1.807, 2.05) is 6.07 Å². The molecule has 2 heterocycles. The smallest absolute Gasteiger partial charge is 0.169 e. The van der Waals surface area contributed by atoms with Crippen LogP contribution in [-0.4, -0.2) is 23.2 Å². The lowest BCUT2D eigenvalue weighted by Crippen LogP contribution is -2.19. The Bertz CT molecular complexity index is 456. The van der Waals surface area contributed by atoms with Crippen LogP contribution >= 0.6 is 44.7 Å².